The molecule has 1 aromatic carbocycles. The summed E-state index contributed by atoms with van der Waals surface area (Å²) < 4.78 is 46.8. The summed E-state index contributed by atoms with van der Waals surface area (Å²) in [6, 6.07) is 13.0. The zero-order chi connectivity index (χ0) is 30.4. The minimum atomic E-state index is -4.28. The van der Waals surface area contributed by atoms with E-state index in [0.29, 0.717) is 17.0 Å². The number of nitrogens with zero attached hydrogens (tertiary/aromatic N) is 7. The van der Waals surface area contributed by atoms with Gasteiger partial charge in [-0.2, -0.15) is 18.6 Å². The van der Waals surface area contributed by atoms with E-state index in [1.807, 2.05) is 13.8 Å². The van der Waals surface area contributed by atoms with Crippen LogP contribution in [0.25, 0.3) is 22.9 Å². The molecule has 0 aliphatic rings. The topological polar surface area (TPSA) is 200 Å². The molecule has 0 radical (unpaired) electrons. The van der Waals surface area contributed by atoms with Gasteiger partial charge in [0.2, 0.25) is 11.6 Å². The number of H-pyrrole nitrogens is 1. The van der Waals surface area contributed by atoms with Gasteiger partial charge in [0.1, 0.15) is 12.3 Å². The molecule has 4 heterocycles. The van der Waals surface area contributed by atoms with Gasteiger partial charge in [0.15, 0.2) is 28.2 Å². The number of aliphatic hydroxyl groups excluding tert-OH is 1. The van der Waals surface area contributed by atoms with E-state index in [1.165, 1.54) is 25.6 Å². The SMILES string of the molecule is COc1ccccc1Oc1c(NS(=O)(=O)c2ccc(C(C)C)cn2)nc(-c2ccnc(-c3nn[nH]n3)c2)nc1OCCO.[NaH].[NaH]. The van der Waals surface area contributed by atoms with Crippen molar-refractivity contribution in [1.82, 2.24) is 40.6 Å². The molecule has 45 heavy (non-hydrogen) atoms. The van der Waals surface area contributed by atoms with Gasteiger partial charge >= 0.3 is 59.1 Å². The van der Waals surface area contributed by atoms with Crippen LogP contribution in [-0.4, -0.2) is 134 Å². The molecule has 0 unspecified atom stereocenters. The molecule has 0 aliphatic carbocycles. The Morgan fingerprint density at radius 3 is 2.42 bits per heavy atom. The van der Waals surface area contributed by atoms with Crippen LogP contribution >= 0.6 is 0 Å². The number of aliphatic hydroxyl groups is 1. The van der Waals surface area contributed by atoms with Crippen LogP contribution in [0.15, 0.2) is 66.0 Å². The molecule has 0 amide bonds. The molecule has 226 valence electrons. The van der Waals surface area contributed by atoms with Crippen LogP contribution in [0.4, 0.5) is 5.82 Å². The minimum absolute atomic E-state index is 0. The number of ether oxygens (including phenoxy) is 3. The number of hydrogen-bond donors (Lipinski definition) is 3. The van der Waals surface area contributed by atoms with E-state index in [0.717, 1.165) is 5.56 Å². The molecule has 3 N–H and O–H groups in total. The molecule has 0 spiro atoms. The van der Waals surface area contributed by atoms with Crippen molar-refractivity contribution in [2.24, 2.45) is 0 Å². The van der Waals surface area contributed by atoms with E-state index in [9.17, 15) is 13.5 Å². The first-order valence-corrected chi connectivity index (χ1v) is 14.4. The predicted molar refractivity (Wildman–Crippen MR) is 168 cm³/mol. The van der Waals surface area contributed by atoms with Crippen LogP contribution in [-0.2, 0) is 10.0 Å². The third kappa shape index (κ3) is 8.74. The Bertz CT molecular complexity index is 1810. The Morgan fingerprint density at radius 2 is 1.78 bits per heavy atom. The van der Waals surface area contributed by atoms with Crippen LogP contribution in [0.1, 0.15) is 25.3 Å². The second kappa shape index (κ2) is 16.4. The fourth-order valence-electron chi connectivity index (χ4n) is 3.81. The Hall–Kier alpha value is -3.22. The number of rotatable bonds is 12. The predicted octanol–water partition coefficient (Wildman–Crippen LogP) is 1.91. The third-order valence-electron chi connectivity index (χ3n) is 5.97. The van der Waals surface area contributed by atoms with Crippen LogP contribution < -0.4 is 18.9 Å². The van der Waals surface area contributed by atoms with Crippen molar-refractivity contribution in [3.05, 3.63) is 66.5 Å². The van der Waals surface area contributed by atoms with Gasteiger partial charge < -0.3 is 19.3 Å². The van der Waals surface area contributed by atoms with Gasteiger partial charge in [-0.25, -0.2) is 9.97 Å². The normalized spacial score (nSPS) is 10.9. The van der Waals surface area contributed by atoms with Crippen LogP contribution in [0.2, 0.25) is 0 Å². The number of sulfonamides is 1. The van der Waals surface area contributed by atoms with Crippen molar-refractivity contribution in [3.8, 4) is 46.0 Å². The van der Waals surface area contributed by atoms with Gasteiger partial charge in [0.25, 0.3) is 15.9 Å². The monoisotopic (exact) mass is 653 g/mol. The van der Waals surface area contributed by atoms with Crippen LogP contribution in [0.5, 0.6) is 23.1 Å². The average Bonchev–Trinajstić information content (AvgIpc) is 3.57. The second-order valence-corrected chi connectivity index (χ2v) is 10.8. The first-order valence-electron chi connectivity index (χ1n) is 12.9. The summed E-state index contributed by atoms with van der Waals surface area (Å²) in [5, 5.41) is 23.1. The quantitative estimate of drug-likeness (QED) is 0.165. The maximum atomic E-state index is 13.6. The summed E-state index contributed by atoms with van der Waals surface area (Å²) in [5.74, 6) is 0.458. The van der Waals surface area contributed by atoms with Gasteiger partial charge in [0, 0.05) is 18.0 Å². The number of para-hydroxylation sites is 2. The molecule has 0 saturated carbocycles. The number of anilines is 1. The molecule has 15 nitrogen and oxygen atoms in total. The summed E-state index contributed by atoms with van der Waals surface area (Å²) in [4.78, 5) is 17.4. The number of aromatic nitrogens is 8. The number of hydrogen-bond acceptors (Lipinski definition) is 13. The van der Waals surface area contributed by atoms with Crippen molar-refractivity contribution in [2.45, 2.75) is 24.8 Å². The molecule has 0 atom stereocenters. The van der Waals surface area contributed by atoms with Gasteiger partial charge in [-0.1, -0.05) is 32.0 Å². The van der Waals surface area contributed by atoms with Crippen LogP contribution in [0, 0.1) is 0 Å². The molecule has 18 heteroatoms. The Balaban J connectivity index is 0.00000276. The maximum absolute atomic E-state index is 13.6. The molecule has 0 saturated heterocycles. The summed E-state index contributed by atoms with van der Waals surface area (Å²) >= 11 is 0. The number of benzene rings is 1. The molecule has 4 aromatic heterocycles. The van der Waals surface area contributed by atoms with Crippen LogP contribution in [0.3, 0.4) is 0 Å². The van der Waals surface area contributed by atoms with Crippen molar-refractivity contribution in [1.29, 1.82) is 0 Å². The van der Waals surface area contributed by atoms with E-state index in [4.69, 9.17) is 14.2 Å². The van der Waals surface area contributed by atoms with E-state index >= 15 is 0 Å². The molecule has 5 aromatic rings. The summed E-state index contributed by atoms with van der Waals surface area (Å²) in [5.41, 5.74) is 1.66. The molecular formula is C27H29N9Na2O6S. The van der Waals surface area contributed by atoms with E-state index < -0.39 is 10.0 Å². The van der Waals surface area contributed by atoms with E-state index in [2.05, 4.69) is 45.3 Å². The first kappa shape index (κ1) is 36.3. The fraction of sp³-hybridized carbons (Fsp3) is 0.222. The van der Waals surface area contributed by atoms with Crippen molar-refractivity contribution >= 4 is 75.0 Å². The first-order chi connectivity index (χ1) is 20.8. The Kier molecular flexibility index (Phi) is 13.2. The molecular weight excluding hydrogens is 624 g/mol. The third-order valence-corrected chi connectivity index (χ3v) is 7.22. The Morgan fingerprint density at radius 1 is 1.00 bits per heavy atom. The average molecular weight is 654 g/mol. The van der Waals surface area contributed by atoms with Crippen molar-refractivity contribution in [3.63, 3.8) is 0 Å². The molecule has 0 fully saturated rings. The van der Waals surface area contributed by atoms with E-state index in [-0.39, 0.29) is 118 Å². The standard InChI is InChI=1S/C27H27N9O6S.2Na.2H/c1-16(2)18-8-9-22(29-15-18)43(38,39)34-26-23(42-21-7-5-4-6-20(21)40-3)27(41-13-12-37)31-24(30-26)17-10-11-28-19(14-17)25-32-35-36-33-25;;;;/h4-11,14-16,37H,12-13H2,1-3H3,(H,30,31,34)(H,32,33,35,36);;;;. The van der Waals surface area contributed by atoms with Crippen molar-refractivity contribution < 1.29 is 27.7 Å². The van der Waals surface area contributed by atoms with Crippen molar-refractivity contribution in [2.75, 3.05) is 25.0 Å². The number of nitrogens with one attached hydrogen (secondary N) is 2. The molecule has 0 bridgehead atoms. The number of pyridine rings is 2. The van der Waals surface area contributed by atoms with Gasteiger partial charge in [-0.15, -0.1) is 10.2 Å². The summed E-state index contributed by atoms with van der Waals surface area (Å²) in [6.45, 7) is 3.43. The van der Waals surface area contributed by atoms with Gasteiger partial charge in [-0.05, 0) is 47.0 Å². The molecule has 0 aliphatic heterocycles. The summed E-state index contributed by atoms with van der Waals surface area (Å²) in [6.07, 6.45) is 2.99. The van der Waals surface area contributed by atoms with Gasteiger partial charge in [-0.3, -0.25) is 9.71 Å². The zero-order valence-electron chi connectivity index (χ0n) is 23.3. The number of aromatic amines is 1. The summed E-state index contributed by atoms with van der Waals surface area (Å²) in [7, 11) is -2.81. The van der Waals surface area contributed by atoms with Gasteiger partial charge in [0.05, 0.1) is 13.7 Å². The van der Waals surface area contributed by atoms with E-state index in [1.54, 1.807) is 42.5 Å². The number of tetrazole rings is 1. The molecule has 5 rings (SSSR count). The zero-order valence-corrected chi connectivity index (χ0v) is 24.1. The fourth-order valence-corrected chi connectivity index (χ4v) is 4.74. The second-order valence-electron chi connectivity index (χ2n) is 9.21. The Labute approximate surface area is 303 Å². The number of methoxy groups -OCH3 is 1.